The minimum Gasteiger partial charge on any atom is -0.382 e. The van der Waals surface area contributed by atoms with Crippen LogP contribution in [0.5, 0.6) is 0 Å². The Labute approximate surface area is 148 Å². The van der Waals surface area contributed by atoms with E-state index in [1.165, 1.54) is 0 Å². The van der Waals surface area contributed by atoms with Crippen LogP contribution in [0.3, 0.4) is 0 Å². The Hall–Kier alpha value is -1.66. The summed E-state index contributed by atoms with van der Waals surface area (Å²) in [6.07, 6.45) is 3.28. The molecule has 3 rings (SSSR count). The summed E-state index contributed by atoms with van der Waals surface area (Å²) in [6, 6.07) is 8.21. The van der Waals surface area contributed by atoms with Gasteiger partial charge in [0.15, 0.2) is 5.11 Å². The number of thiocarbonyl (C=S) groups is 1. The summed E-state index contributed by atoms with van der Waals surface area (Å²) in [5.41, 5.74) is 2.16. The van der Waals surface area contributed by atoms with Crippen molar-refractivity contribution in [1.29, 1.82) is 0 Å². The number of fused-ring (bicyclic) bond motifs is 1. The molecule has 0 amide bonds. The highest BCUT2D eigenvalue weighted by Gasteiger charge is 2.25. The summed E-state index contributed by atoms with van der Waals surface area (Å²) < 4.78 is 5.36. The number of para-hydroxylation sites is 2. The molecule has 130 valence electrons. The largest absolute Gasteiger partial charge is 0.382 e. The molecule has 0 radical (unpaired) electrons. The number of aromatic nitrogens is 2. The molecule has 24 heavy (non-hydrogen) atoms. The molecule has 1 aliphatic rings. The summed E-state index contributed by atoms with van der Waals surface area (Å²) in [7, 11) is 0. The van der Waals surface area contributed by atoms with E-state index < -0.39 is 0 Å². The van der Waals surface area contributed by atoms with Gasteiger partial charge in [-0.1, -0.05) is 12.1 Å². The topological polar surface area (TPSA) is 53.2 Å². The average Bonchev–Trinajstić information content (AvgIpc) is 3.06. The predicted molar refractivity (Wildman–Crippen MR) is 101 cm³/mol. The molecule has 2 N–H and O–H groups in total. The molecule has 1 atom stereocenters. The first-order valence-electron chi connectivity index (χ1n) is 8.83. The van der Waals surface area contributed by atoms with Crippen molar-refractivity contribution in [2.45, 2.75) is 32.1 Å². The average molecular weight is 347 g/mol. The fourth-order valence-electron chi connectivity index (χ4n) is 3.18. The van der Waals surface area contributed by atoms with Gasteiger partial charge in [0.05, 0.1) is 11.0 Å². The Balaban J connectivity index is 1.54. The van der Waals surface area contributed by atoms with Crippen molar-refractivity contribution in [3.05, 3.63) is 30.1 Å². The van der Waals surface area contributed by atoms with E-state index in [0.29, 0.717) is 5.92 Å². The molecule has 0 bridgehead atoms. The van der Waals surface area contributed by atoms with Crippen molar-refractivity contribution in [3.8, 4) is 0 Å². The van der Waals surface area contributed by atoms with Gasteiger partial charge in [0.25, 0.3) is 0 Å². The Morgan fingerprint density at radius 3 is 3.17 bits per heavy atom. The van der Waals surface area contributed by atoms with Gasteiger partial charge >= 0.3 is 0 Å². The third-order valence-corrected chi connectivity index (χ3v) is 4.85. The molecule has 0 saturated carbocycles. The zero-order valence-corrected chi connectivity index (χ0v) is 15.1. The van der Waals surface area contributed by atoms with Crippen molar-refractivity contribution in [1.82, 2.24) is 20.2 Å². The summed E-state index contributed by atoms with van der Waals surface area (Å²) in [6.45, 7) is 6.39. The Bertz CT molecular complexity index is 639. The highest BCUT2D eigenvalue weighted by molar-refractivity contribution is 7.80. The minimum absolute atomic E-state index is 0.411. The summed E-state index contributed by atoms with van der Waals surface area (Å²) in [5.74, 6) is 1.49. The Morgan fingerprint density at radius 2 is 2.33 bits per heavy atom. The molecular formula is C18H26N4OS. The number of nitrogens with one attached hydrogen (secondary N) is 2. The maximum absolute atomic E-state index is 5.56. The number of ether oxygens (including phenoxy) is 1. The first-order valence-corrected chi connectivity index (χ1v) is 9.24. The molecule has 1 unspecified atom stereocenters. The standard InChI is InChI=1S/C18H26N4OS/c1-2-23-12-6-10-19-18(24)22-11-5-7-14(13-22)17-20-15-8-3-4-9-16(15)21-17/h3-4,8-9,14H,2,5-7,10-13H2,1H3,(H,19,24)(H,20,21). The summed E-state index contributed by atoms with van der Waals surface area (Å²) in [4.78, 5) is 10.5. The summed E-state index contributed by atoms with van der Waals surface area (Å²) in [5, 5.41) is 4.21. The van der Waals surface area contributed by atoms with E-state index in [1.807, 2.05) is 19.1 Å². The van der Waals surface area contributed by atoms with Crippen LogP contribution in [0.15, 0.2) is 24.3 Å². The van der Waals surface area contributed by atoms with E-state index in [9.17, 15) is 0 Å². The SMILES string of the molecule is CCOCCCNC(=S)N1CCCC(c2nc3ccccc3[nH]2)C1. The number of hydrogen-bond acceptors (Lipinski definition) is 3. The van der Waals surface area contributed by atoms with Crippen LogP contribution >= 0.6 is 12.2 Å². The lowest BCUT2D eigenvalue weighted by molar-refractivity contribution is 0.145. The number of benzene rings is 1. The van der Waals surface area contributed by atoms with Crippen LogP contribution in [0.25, 0.3) is 11.0 Å². The maximum Gasteiger partial charge on any atom is 0.168 e. The molecule has 1 aromatic carbocycles. The number of imidazole rings is 1. The first-order chi connectivity index (χ1) is 11.8. The number of hydrogen-bond donors (Lipinski definition) is 2. The van der Waals surface area contributed by atoms with E-state index >= 15 is 0 Å². The normalized spacial score (nSPS) is 18.0. The van der Waals surface area contributed by atoms with Gasteiger partial charge in [-0.15, -0.1) is 0 Å². The third kappa shape index (κ3) is 4.24. The molecule has 1 fully saturated rings. The van der Waals surface area contributed by atoms with Crippen molar-refractivity contribution in [2.75, 3.05) is 32.8 Å². The van der Waals surface area contributed by atoms with Crippen molar-refractivity contribution in [3.63, 3.8) is 0 Å². The van der Waals surface area contributed by atoms with Crippen LogP contribution in [0.1, 0.15) is 37.9 Å². The van der Waals surface area contributed by atoms with Gasteiger partial charge in [0, 0.05) is 38.8 Å². The van der Waals surface area contributed by atoms with Gasteiger partial charge in [-0.05, 0) is 50.5 Å². The monoisotopic (exact) mass is 346 g/mol. The van der Waals surface area contributed by atoms with Crippen LogP contribution in [-0.4, -0.2) is 52.8 Å². The molecular weight excluding hydrogens is 320 g/mol. The predicted octanol–water partition coefficient (Wildman–Crippen LogP) is 3.04. The van der Waals surface area contributed by atoms with Crippen LogP contribution in [0, 0.1) is 0 Å². The zero-order chi connectivity index (χ0) is 16.8. The lowest BCUT2D eigenvalue weighted by Gasteiger charge is -2.33. The number of rotatable bonds is 6. The lowest BCUT2D eigenvalue weighted by Crippen LogP contribution is -2.45. The van der Waals surface area contributed by atoms with Crippen LogP contribution < -0.4 is 5.32 Å². The molecule has 5 nitrogen and oxygen atoms in total. The molecule has 0 aliphatic carbocycles. The van der Waals surface area contributed by atoms with Crippen molar-refractivity contribution >= 4 is 28.4 Å². The van der Waals surface area contributed by atoms with E-state index in [-0.39, 0.29) is 0 Å². The van der Waals surface area contributed by atoms with E-state index in [2.05, 4.69) is 27.3 Å². The molecule has 1 aliphatic heterocycles. The molecule has 1 aromatic heterocycles. The summed E-state index contributed by atoms with van der Waals surface area (Å²) >= 11 is 5.56. The van der Waals surface area contributed by atoms with Gasteiger partial charge in [-0.3, -0.25) is 0 Å². The molecule has 6 heteroatoms. The van der Waals surface area contributed by atoms with Gasteiger partial charge < -0.3 is 19.9 Å². The maximum atomic E-state index is 5.56. The quantitative estimate of drug-likeness (QED) is 0.622. The van der Waals surface area contributed by atoms with E-state index in [4.69, 9.17) is 21.9 Å². The number of aromatic amines is 1. The third-order valence-electron chi connectivity index (χ3n) is 4.45. The smallest absolute Gasteiger partial charge is 0.168 e. The number of nitrogens with zero attached hydrogens (tertiary/aromatic N) is 2. The first kappa shape index (κ1) is 17.2. The van der Waals surface area contributed by atoms with Crippen LogP contribution in [-0.2, 0) is 4.74 Å². The van der Waals surface area contributed by atoms with Crippen LogP contribution in [0.2, 0.25) is 0 Å². The van der Waals surface area contributed by atoms with Crippen molar-refractivity contribution < 1.29 is 4.74 Å². The zero-order valence-electron chi connectivity index (χ0n) is 14.3. The molecule has 0 spiro atoms. The van der Waals surface area contributed by atoms with Crippen molar-refractivity contribution in [2.24, 2.45) is 0 Å². The van der Waals surface area contributed by atoms with Gasteiger partial charge in [-0.2, -0.15) is 0 Å². The highest BCUT2D eigenvalue weighted by atomic mass is 32.1. The Kier molecular flexibility index (Phi) is 6.04. The Morgan fingerprint density at radius 1 is 1.46 bits per heavy atom. The van der Waals surface area contributed by atoms with Crippen LogP contribution in [0.4, 0.5) is 0 Å². The second-order valence-electron chi connectivity index (χ2n) is 6.21. The van der Waals surface area contributed by atoms with E-state index in [0.717, 1.165) is 74.1 Å². The molecule has 2 aromatic rings. The van der Waals surface area contributed by atoms with Gasteiger partial charge in [0.1, 0.15) is 5.82 Å². The number of piperidine rings is 1. The van der Waals surface area contributed by atoms with Gasteiger partial charge in [0.2, 0.25) is 0 Å². The second kappa shape index (κ2) is 8.44. The fraction of sp³-hybridized carbons (Fsp3) is 0.556. The molecule has 1 saturated heterocycles. The molecule has 2 heterocycles. The second-order valence-corrected chi connectivity index (χ2v) is 6.59. The number of likely N-dealkylation sites (tertiary alicyclic amines) is 1. The number of H-pyrrole nitrogens is 1. The minimum atomic E-state index is 0.411. The lowest BCUT2D eigenvalue weighted by atomic mass is 9.98. The highest BCUT2D eigenvalue weighted by Crippen LogP contribution is 2.26. The fourth-order valence-corrected chi connectivity index (χ4v) is 3.44. The van der Waals surface area contributed by atoms with Gasteiger partial charge in [-0.25, -0.2) is 4.98 Å². The van der Waals surface area contributed by atoms with E-state index in [1.54, 1.807) is 0 Å².